The molecular formula is C8H12N2O3. The minimum absolute atomic E-state index is 0.0680. The lowest BCUT2D eigenvalue weighted by Crippen LogP contribution is -2.45. The largest absolute Gasteiger partial charge is 0.481 e. The Morgan fingerprint density at radius 1 is 1.54 bits per heavy atom. The van der Waals surface area contributed by atoms with Gasteiger partial charge in [0, 0.05) is 12.5 Å². The molecule has 1 rings (SSSR count). The molecule has 1 aliphatic rings. The van der Waals surface area contributed by atoms with E-state index in [-0.39, 0.29) is 18.4 Å². The van der Waals surface area contributed by atoms with Gasteiger partial charge in [-0.3, -0.25) is 9.59 Å². The Hall–Kier alpha value is -1.39. The van der Waals surface area contributed by atoms with Gasteiger partial charge >= 0.3 is 5.97 Å². The lowest BCUT2D eigenvalue weighted by atomic mass is 9.78. The Balaban J connectivity index is 2.15. The molecule has 0 aliphatic heterocycles. The van der Waals surface area contributed by atoms with Crippen molar-refractivity contribution < 1.29 is 14.7 Å². The highest BCUT2D eigenvalue weighted by Crippen LogP contribution is 2.29. The maximum Gasteiger partial charge on any atom is 0.303 e. The van der Waals surface area contributed by atoms with Crippen LogP contribution >= 0.6 is 0 Å². The summed E-state index contributed by atoms with van der Waals surface area (Å²) in [6.45, 7) is 0. The van der Waals surface area contributed by atoms with Crippen LogP contribution in [-0.4, -0.2) is 29.2 Å². The van der Waals surface area contributed by atoms with E-state index in [0.29, 0.717) is 12.8 Å². The number of amides is 1. The number of carboxylic acids is 1. The van der Waals surface area contributed by atoms with E-state index in [9.17, 15) is 9.59 Å². The van der Waals surface area contributed by atoms with E-state index >= 15 is 0 Å². The van der Waals surface area contributed by atoms with Crippen LogP contribution in [-0.2, 0) is 9.59 Å². The van der Waals surface area contributed by atoms with Crippen molar-refractivity contribution in [1.82, 2.24) is 5.32 Å². The first-order valence-corrected chi connectivity index (χ1v) is 4.14. The van der Waals surface area contributed by atoms with Crippen LogP contribution in [0.15, 0.2) is 0 Å². The third-order valence-corrected chi connectivity index (χ3v) is 2.18. The van der Waals surface area contributed by atoms with Gasteiger partial charge in [-0.25, -0.2) is 0 Å². The Kier molecular flexibility index (Phi) is 3.00. The number of hydrogen-bond acceptors (Lipinski definition) is 3. The quantitative estimate of drug-likeness (QED) is 0.537. The van der Waals surface area contributed by atoms with Crippen molar-refractivity contribution >= 4 is 18.1 Å². The van der Waals surface area contributed by atoms with E-state index in [1.54, 1.807) is 0 Å². The molecule has 3 N–H and O–H groups in total. The molecule has 0 spiro atoms. The molecule has 1 saturated carbocycles. The highest BCUT2D eigenvalue weighted by Gasteiger charge is 2.31. The van der Waals surface area contributed by atoms with Crippen molar-refractivity contribution in [2.24, 2.45) is 5.92 Å². The molecule has 1 amide bonds. The summed E-state index contributed by atoms with van der Waals surface area (Å²) in [5, 5.41) is 17.7. The van der Waals surface area contributed by atoms with Crippen molar-refractivity contribution in [1.29, 1.82) is 5.41 Å². The summed E-state index contributed by atoms with van der Waals surface area (Å²) >= 11 is 0. The maximum absolute atomic E-state index is 10.7. The Morgan fingerprint density at radius 2 is 2.15 bits per heavy atom. The van der Waals surface area contributed by atoms with Crippen LogP contribution in [0.25, 0.3) is 0 Å². The molecular weight excluding hydrogens is 172 g/mol. The molecule has 0 aromatic heterocycles. The highest BCUT2D eigenvalue weighted by molar-refractivity contribution is 6.25. The predicted octanol–water partition coefficient (Wildman–Crippen LogP) is 0.00547. The lowest BCUT2D eigenvalue weighted by molar-refractivity contribution is -0.138. The molecule has 0 unspecified atom stereocenters. The summed E-state index contributed by atoms with van der Waals surface area (Å²) in [6, 6.07) is 0.0680. The van der Waals surface area contributed by atoms with Gasteiger partial charge in [0.15, 0.2) is 0 Å². The van der Waals surface area contributed by atoms with Gasteiger partial charge in [0.1, 0.15) is 0 Å². The number of hydrogen-bond donors (Lipinski definition) is 3. The summed E-state index contributed by atoms with van der Waals surface area (Å²) in [6.07, 6.45) is 2.33. The summed E-state index contributed by atoms with van der Waals surface area (Å²) in [5.74, 6) is -1.01. The first-order valence-electron chi connectivity index (χ1n) is 4.14. The van der Waals surface area contributed by atoms with Crippen molar-refractivity contribution in [3.8, 4) is 0 Å². The molecule has 1 aliphatic carbocycles. The molecule has 0 aromatic carbocycles. The van der Waals surface area contributed by atoms with E-state index in [2.05, 4.69) is 5.32 Å². The van der Waals surface area contributed by atoms with Crippen LogP contribution < -0.4 is 5.32 Å². The number of nitrogens with one attached hydrogen (secondary N) is 2. The Labute approximate surface area is 75.6 Å². The molecule has 0 atom stereocenters. The molecule has 72 valence electrons. The Morgan fingerprint density at radius 3 is 2.62 bits per heavy atom. The van der Waals surface area contributed by atoms with Crippen LogP contribution in [0.2, 0.25) is 0 Å². The van der Waals surface area contributed by atoms with Gasteiger partial charge in [-0.15, -0.1) is 0 Å². The first kappa shape index (κ1) is 9.70. The van der Waals surface area contributed by atoms with Crippen LogP contribution in [0.3, 0.4) is 0 Å². The van der Waals surface area contributed by atoms with E-state index < -0.39 is 11.9 Å². The van der Waals surface area contributed by atoms with E-state index in [1.165, 1.54) is 0 Å². The smallest absolute Gasteiger partial charge is 0.303 e. The zero-order valence-electron chi connectivity index (χ0n) is 7.12. The molecule has 13 heavy (non-hydrogen) atoms. The molecule has 5 nitrogen and oxygen atoms in total. The molecule has 0 radical (unpaired) electrons. The minimum atomic E-state index is -0.790. The molecule has 0 heterocycles. The van der Waals surface area contributed by atoms with Gasteiger partial charge in [-0.2, -0.15) is 0 Å². The van der Waals surface area contributed by atoms with E-state index in [1.807, 2.05) is 0 Å². The van der Waals surface area contributed by atoms with E-state index in [4.69, 9.17) is 10.5 Å². The number of aliphatic carboxylic acids is 1. The second-order valence-corrected chi connectivity index (χ2v) is 3.29. The van der Waals surface area contributed by atoms with Gasteiger partial charge < -0.3 is 15.8 Å². The highest BCUT2D eigenvalue weighted by atomic mass is 16.4. The monoisotopic (exact) mass is 184 g/mol. The molecule has 0 aromatic rings. The summed E-state index contributed by atoms with van der Waals surface area (Å²) in [4.78, 5) is 20.9. The molecule has 1 fully saturated rings. The topological polar surface area (TPSA) is 90.3 Å². The van der Waals surface area contributed by atoms with Gasteiger partial charge in [0.05, 0.1) is 6.21 Å². The number of carbonyl (C=O) groups excluding carboxylic acids is 1. The number of rotatable bonds is 4. The van der Waals surface area contributed by atoms with Gasteiger partial charge in [-0.05, 0) is 18.8 Å². The van der Waals surface area contributed by atoms with Crippen molar-refractivity contribution in [2.75, 3.05) is 0 Å². The van der Waals surface area contributed by atoms with Crippen molar-refractivity contribution in [3.05, 3.63) is 0 Å². The normalized spacial score (nSPS) is 25.8. The molecule has 5 heteroatoms. The zero-order chi connectivity index (χ0) is 9.84. The predicted molar refractivity (Wildman–Crippen MR) is 45.7 cm³/mol. The second-order valence-electron chi connectivity index (χ2n) is 3.29. The third kappa shape index (κ3) is 2.85. The number of carboxylic acid groups (broad SMARTS) is 1. The standard InChI is InChI=1S/C8H12N2O3/c9-4-7(11)10-6-1-5(2-6)3-8(12)13/h4-6,9H,1-3H2,(H,10,11)(H,12,13). The summed E-state index contributed by atoms with van der Waals surface area (Å²) in [5.41, 5.74) is 0. The molecule has 0 saturated heterocycles. The SMILES string of the molecule is N=CC(=O)NC1CC(CC(=O)O)C1. The summed E-state index contributed by atoms with van der Waals surface area (Å²) in [7, 11) is 0. The summed E-state index contributed by atoms with van der Waals surface area (Å²) < 4.78 is 0. The van der Waals surface area contributed by atoms with E-state index in [0.717, 1.165) is 6.21 Å². The van der Waals surface area contributed by atoms with Crippen LogP contribution in [0.1, 0.15) is 19.3 Å². The fourth-order valence-electron chi connectivity index (χ4n) is 1.51. The fraction of sp³-hybridized carbons (Fsp3) is 0.625. The van der Waals surface area contributed by atoms with Crippen LogP contribution in [0, 0.1) is 11.3 Å². The average Bonchev–Trinajstić information content (AvgIpc) is 1.99. The third-order valence-electron chi connectivity index (χ3n) is 2.18. The average molecular weight is 184 g/mol. The Bertz CT molecular complexity index is 234. The van der Waals surface area contributed by atoms with Gasteiger partial charge in [0.2, 0.25) is 0 Å². The number of carbonyl (C=O) groups is 2. The van der Waals surface area contributed by atoms with Crippen LogP contribution in [0.5, 0.6) is 0 Å². The van der Waals surface area contributed by atoms with Gasteiger partial charge in [-0.1, -0.05) is 0 Å². The van der Waals surface area contributed by atoms with Crippen molar-refractivity contribution in [2.45, 2.75) is 25.3 Å². The lowest BCUT2D eigenvalue weighted by Gasteiger charge is -2.34. The maximum atomic E-state index is 10.7. The fourth-order valence-corrected chi connectivity index (χ4v) is 1.51. The van der Waals surface area contributed by atoms with Crippen molar-refractivity contribution in [3.63, 3.8) is 0 Å². The second kappa shape index (κ2) is 4.02. The first-order chi connectivity index (χ1) is 6.11. The zero-order valence-corrected chi connectivity index (χ0v) is 7.12. The van der Waals surface area contributed by atoms with Crippen LogP contribution in [0.4, 0.5) is 0 Å². The molecule has 0 bridgehead atoms. The minimum Gasteiger partial charge on any atom is -0.481 e. The van der Waals surface area contributed by atoms with Gasteiger partial charge in [0.25, 0.3) is 5.91 Å².